The predicted molar refractivity (Wildman–Crippen MR) is 50.4 cm³/mol. The van der Waals surface area contributed by atoms with Gasteiger partial charge in [-0.3, -0.25) is 4.79 Å². The number of hydrogen-bond donors (Lipinski definition) is 0. The van der Waals surface area contributed by atoms with Gasteiger partial charge in [-0.2, -0.15) is 0 Å². The zero-order chi connectivity index (χ0) is 9.68. The van der Waals surface area contributed by atoms with Gasteiger partial charge in [-0.05, 0) is 13.3 Å². The summed E-state index contributed by atoms with van der Waals surface area (Å²) < 4.78 is 0. The fourth-order valence-electron chi connectivity index (χ4n) is 0.914. The highest BCUT2D eigenvalue weighted by Crippen LogP contribution is 2.06. The maximum atomic E-state index is 11.4. The van der Waals surface area contributed by atoms with Gasteiger partial charge in [-0.25, -0.2) is 9.97 Å². The van der Waals surface area contributed by atoms with Crippen LogP contribution in [0.2, 0.25) is 0 Å². The molecule has 0 bridgehead atoms. The summed E-state index contributed by atoms with van der Waals surface area (Å²) in [7, 11) is 0. The molecule has 1 rings (SSSR count). The zero-order valence-corrected chi connectivity index (χ0v) is 7.66. The van der Waals surface area contributed by atoms with Crippen LogP contribution in [0.15, 0.2) is 30.9 Å². The molecule has 0 unspecified atom stereocenters. The fraction of sp³-hybridized carbons (Fsp3) is 0.300. The summed E-state index contributed by atoms with van der Waals surface area (Å²) in [6, 6.07) is 0. The molecule has 3 heteroatoms. The normalized spacial score (nSPS) is 9.62. The van der Waals surface area contributed by atoms with Crippen LogP contribution >= 0.6 is 0 Å². The van der Waals surface area contributed by atoms with E-state index in [0.29, 0.717) is 12.0 Å². The second kappa shape index (κ2) is 4.50. The smallest absolute Gasteiger partial charge is 0.166 e. The van der Waals surface area contributed by atoms with Crippen LogP contribution in [-0.4, -0.2) is 15.8 Å². The lowest BCUT2D eigenvalue weighted by molar-refractivity contribution is 0.0982. The van der Waals surface area contributed by atoms with Crippen molar-refractivity contribution in [1.29, 1.82) is 0 Å². The average Bonchev–Trinajstić information content (AvgIpc) is 2.15. The van der Waals surface area contributed by atoms with Gasteiger partial charge in [0.05, 0.1) is 5.56 Å². The summed E-state index contributed by atoms with van der Waals surface area (Å²) in [5.74, 6) is 0.0728. The quantitative estimate of drug-likeness (QED) is 0.520. The lowest BCUT2D eigenvalue weighted by Gasteiger charge is -1.98. The van der Waals surface area contributed by atoms with E-state index < -0.39 is 0 Å². The second-order valence-electron chi connectivity index (χ2n) is 3.01. The van der Waals surface area contributed by atoms with Crippen LogP contribution in [0.1, 0.15) is 30.1 Å². The number of nitrogens with zero attached hydrogens (tertiary/aromatic N) is 2. The number of rotatable bonds is 4. The van der Waals surface area contributed by atoms with E-state index in [4.69, 9.17) is 0 Å². The molecular weight excluding hydrogens is 164 g/mol. The van der Waals surface area contributed by atoms with Crippen molar-refractivity contribution in [3.63, 3.8) is 0 Å². The first-order chi connectivity index (χ1) is 6.20. The molecule has 13 heavy (non-hydrogen) atoms. The number of allylic oxidation sites excluding steroid dienone is 1. The van der Waals surface area contributed by atoms with Gasteiger partial charge in [0.25, 0.3) is 0 Å². The van der Waals surface area contributed by atoms with Crippen LogP contribution in [-0.2, 0) is 0 Å². The number of aromatic nitrogens is 2. The van der Waals surface area contributed by atoms with E-state index in [0.717, 1.165) is 12.0 Å². The minimum absolute atomic E-state index is 0.0728. The largest absolute Gasteiger partial charge is 0.294 e. The molecule has 0 aromatic carbocycles. The Kier molecular flexibility index (Phi) is 3.31. The van der Waals surface area contributed by atoms with E-state index in [2.05, 4.69) is 16.5 Å². The molecule has 0 aliphatic rings. The fourth-order valence-corrected chi connectivity index (χ4v) is 0.914. The number of hydrogen-bond acceptors (Lipinski definition) is 3. The Bertz CT molecular complexity index is 306. The van der Waals surface area contributed by atoms with Gasteiger partial charge in [0.2, 0.25) is 0 Å². The molecule has 0 saturated carbocycles. The molecule has 0 aliphatic carbocycles. The number of carbonyl (C=O) groups is 1. The van der Waals surface area contributed by atoms with Crippen LogP contribution in [0, 0.1) is 0 Å². The first-order valence-electron chi connectivity index (χ1n) is 4.12. The third kappa shape index (κ3) is 3.15. The second-order valence-corrected chi connectivity index (χ2v) is 3.01. The van der Waals surface area contributed by atoms with E-state index in [1.165, 1.54) is 18.7 Å². The molecule has 1 aromatic rings. The van der Waals surface area contributed by atoms with Crippen molar-refractivity contribution in [1.82, 2.24) is 9.97 Å². The number of Topliss-reactive ketones (excluding diaryl/α,β-unsaturated/α-hetero) is 1. The minimum Gasteiger partial charge on any atom is -0.294 e. The van der Waals surface area contributed by atoms with Crippen molar-refractivity contribution < 1.29 is 4.79 Å². The van der Waals surface area contributed by atoms with Gasteiger partial charge in [-0.1, -0.05) is 5.57 Å². The Labute approximate surface area is 77.5 Å². The molecule has 3 nitrogen and oxygen atoms in total. The Morgan fingerprint density at radius 3 is 2.54 bits per heavy atom. The average molecular weight is 176 g/mol. The third-order valence-corrected chi connectivity index (χ3v) is 1.66. The number of carbonyl (C=O) groups excluding carboxylic acids is 1. The zero-order valence-electron chi connectivity index (χ0n) is 7.66. The molecule has 0 atom stereocenters. The highest BCUT2D eigenvalue weighted by molar-refractivity contribution is 5.95. The molecule has 0 aliphatic heterocycles. The summed E-state index contributed by atoms with van der Waals surface area (Å²) in [6.45, 7) is 5.65. The summed E-state index contributed by atoms with van der Waals surface area (Å²) in [4.78, 5) is 19.0. The van der Waals surface area contributed by atoms with E-state index in [1.807, 2.05) is 6.92 Å². The Morgan fingerprint density at radius 2 is 2.00 bits per heavy atom. The standard InChI is InChI=1S/C10H12N2O/c1-8(2)3-4-10(13)9-5-11-7-12-6-9/h5-7H,1,3-4H2,2H3. The van der Waals surface area contributed by atoms with E-state index in [-0.39, 0.29) is 5.78 Å². The Morgan fingerprint density at radius 1 is 1.38 bits per heavy atom. The summed E-state index contributed by atoms with van der Waals surface area (Å²) >= 11 is 0. The Balaban J connectivity index is 2.54. The molecule has 1 heterocycles. The monoisotopic (exact) mass is 176 g/mol. The van der Waals surface area contributed by atoms with Crippen molar-refractivity contribution in [2.75, 3.05) is 0 Å². The molecule has 0 radical (unpaired) electrons. The van der Waals surface area contributed by atoms with Gasteiger partial charge in [0, 0.05) is 18.8 Å². The third-order valence-electron chi connectivity index (χ3n) is 1.66. The maximum Gasteiger partial charge on any atom is 0.166 e. The summed E-state index contributed by atoms with van der Waals surface area (Å²) in [5.41, 5.74) is 1.59. The van der Waals surface area contributed by atoms with Crippen molar-refractivity contribution >= 4 is 5.78 Å². The van der Waals surface area contributed by atoms with Crippen LogP contribution < -0.4 is 0 Å². The maximum absolute atomic E-state index is 11.4. The van der Waals surface area contributed by atoms with Crippen LogP contribution in [0.4, 0.5) is 0 Å². The van der Waals surface area contributed by atoms with E-state index in [1.54, 1.807) is 0 Å². The predicted octanol–water partition coefficient (Wildman–Crippen LogP) is 2.02. The first-order valence-corrected chi connectivity index (χ1v) is 4.12. The van der Waals surface area contributed by atoms with Gasteiger partial charge < -0.3 is 0 Å². The Hall–Kier alpha value is -1.51. The molecule has 0 fully saturated rings. The SMILES string of the molecule is C=C(C)CCC(=O)c1cncnc1. The highest BCUT2D eigenvalue weighted by atomic mass is 16.1. The molecule has 0 N–H and O–H groups in total. The topological polar surface area (TPSA) is 42.9 Å². The lowest BCUT2D eigenvalue weighted by Crippen LogP contribution is -2.00. The molecule has 0 saturated heterocycles. The van der Waals surface area contributed by atoms with Gasteiger partial charge in [0.15, 0.2) is 5.78 Å². The van der Waals surface area contributed by atoms with Crippen LogP contribution in [0.25, 0.3) is 0 Å². The van der Waals surface area contributed by atoms with E-state index in [9.17, 15) is 4.79 Å². The van der Waals surface area contributed by atoms with Crippen molar-refractivity contribution in [3.05, 3.63) is 36.4 Å². The van der Waals surface area contributed by atoms with Gasteiger partial charge >= 0.3 is 0 Å². The van der Waals surface area contributed by atoms with Gasteiger partial charge in [-0.15, -0.1) is 6.58 Å². The molecule has 0 amide bonds. The molecule has 0 spiro atoms. The highest BCUT2D eigenvalue weighted by Gasteiger charge is 2.04. The van der Waals surface area contributed by atoms with Crippen molar-refractivity contribution in [2.45, 2.75) is 19.8 Å². The number of ketones is 1. The lowest BCUT2D eigenvalue weighted by atomic mass is 10.1. The summed E-state index contributed by atoms with van der Waals surface area (Å²) in [6.07, 6.45) is 5.70. The molecular formula is C10H12N2O. The minimum atomic E-state index is 0.0728. The molecule has 68 valence electrons. The van der Waals surface area contributed by atoms with Crippen LogP contribution in [0.5, 0.6) is 0 Å². The molecule has 1 aromatic heterocycles. The van der Waals surface area contributed by atoms with Gasteiger partial charge in [0.1, 0.15) is 6.33 Å². The van der Waals surface area contributed by atoms with Crippen molar-refractivity contribution in [3.8, 4) is 0 Å². The van der Waals surface area contributed by atoms with Crippen LogP contribution in [0.3, 0.4) is 0 Å². The van der Waals surface area contributed by atoms with E-state index >= 15 is 0 Å². The van der Waals surface area contributed by atoms with Crippen molar-refractivity contribution in [2.24, 2.45) is 0 Å². The summed E-state index contributed by atoms with van der Waals surface area (Å²) in [5, 5.41) is 0. The first kappa shape index (κ1) is 9.58.